The summed E-state index contributed by atoms with van der Waals surface area (Å²) >= 11 is 6.37. The number of aromatic nitrogens is 2. The van der Waals surface area contributed by atoms with Crippen molar-refractivity contribution in [3.63, 3.8) is 0 Å². The highest BCUT2D eigenvalue weighted by atomic mass is 35.5. The first-order chi connectivity index (χ1) is 19.4. The summed E-state index contributed by atoms with van der Waals surface area (Å²) < 4.78 is 0. The van der Waals surface area contributed by atoms with Gasteiger partial charge in [0.25, 0.3) is 5.91 Å². The molecule has 5 rings (SSSR count). The lowest BCUT2D eigenvalue weighted by Crippen LogP contribution is -2.28. The van der Waals surface area contributed by atoms with Crippen LogP contribution in [-0.2, 0) is 0 Å². The van der Waals surface area contributed by atoms with Crippen LogP contribution in [0.15, 0.2) is 103 Å². The van der Waals surface area contributed by atoms with E-state index in [9.17, 15) is 14.7 Å². The monoisotopic (exact) mass is 549 g/mol. The van der Waals surface area contributed by atoms with Gasteiger partial charge >= 0.3 is 5.97 Å². The fourth-order valence-corrected chi connectivity index (χ4v) is 4.98. The normalized spacial score (nSPS) is 11.7. The van der Waals surface area contributed by atoms with Gasteiger partial charge in [-0.25, -0.2) is 9.78 Å². The van der Waals surface area contributed by atoms with Crippen LogP contribution in [-0.4, -0.2) is 27.0 Å². The first-order valence-corrected chi connectivity index (χ1v) is 13.5. The van der Waals surface area contributed by atoms with E-state index in [1.165, 1.54) is 6.07 Å². The molecule has 1 aromatic heterocycles. The second-order valence-corrected chi connectivity index (χ2v) is 9.93. The number of halogens is 1. The first kappa shape index (κ1) is 26.9. The van der Waals surface area contributed by atoms with Crippen molar-refractivity contribution in [3.05, 3.63) is 125 Å². The number of aromatic amines is 1. The molecule has 1 amide bonds. The highest BCUT2D eigenvalue weighted by molar-refractivity contribution is 6.31. The van der Waals surface area contributed by atoms with Crippen LogP contribution in [0.2, 0.25) is 5.02 Å². The van der Waals surface area contributed by atoms with Crippen molar-refractivity contribution < 1.29 is 14.7 Å². The largest absolute Gasteiger partial charge is 0.478 e. The number of aromatic carboxylic acids is 1. The third-order valence-electron chi connectivity index (χ3n) is 6.78. The number of imidazole rings is 1. The Balaban J connectivity index is 1.51. The van der Waals surface area contributed by atoms with Gasteiger partial charge in [0.05, 0.1) is 23.5 Å². The van der Waals surface area contributed by atoms with Crippen LogP contribution in [0.4, 0.5) is 0 Å². The zero-order valence-corrected chi connectivity index (χ0v) is 22.7. The molecule has 0 radical (unpaired) electrons. The second kappa shape index (κ2) is 12.0. The van der Waals surface area contributed by atoms with E-state index >= 15 is 0 Å². The van der Waals surface area contributed by atoms with Gasteiger partial charge in [0.15, 0.2) is 0 Å². The molecular weight excluding hydrogens is 522 g/mol. The quantitative estimate of drug-likeness (QED) is 0.173. The summed E-state index contributed by atoms with van der Waals surface area (Å²) in [4.78, 5) is 33.6. The van der Waals surface area contributed by atoms with E-state index in [1.54, 1.807) is 30.5 Å². The smallest absolute Gasteiger partial charge is 0.336 e. The number of hydrogen-bond donors (Lipinski definition) is 3. The van der Waals surface area contributed by atoms with Crippen molar-refractivity contribution in [3.8, 4) is 33.8 Å². The maximum atomic E-state index is 13.3. The van der Waals surface area contributed by atoms with E-state index < -0.39 is 5.97 Å². The topological polar surface area (TPSA) is 95.1 Å². The van der Waals surface area contributed by atoms with Gasteiger partial charge in [-0.05, 0) is 59.0 Å². The summed E-state index contributed by atoms with van der Waals surface area (Å²) in [6, 6.07) is 29.4. The molecule has 0 aliphatic carbocycles. The lowest BCUT2D eigenvalue weighted by Gasteiger charge is -2.19. The highest BCUT2D eigenvalue weighted by Crippen LogP contribution is 2.36. The summed E-state index contributed by atoms with van der Waals surface area (Å²) in [7, 11) is 0. The van der Waals surface area contributed by atoms with E-state index in [1.807, 2.05) is 66.7 Å². The van der Waals surface area contributed by atoms with Gasteiger partial charge in [-0.3, -0.25) is 4.79 Å². The van der Waals surface area contributed by atoms with Crippen LogP contribution in [0.1, 0.15) is 52.1 Å². The van der Waals surface area contributed by atoms with Crippen LogP contribution < -0.4 is 5.32 Å². The molecule has 0 saturated carbocycles. The zero-order chi connectivity index (χ0) is 28.1. The SMILES string of the molecule is CCCC(NC(=O)c1ccc(-c2cc(Cl)ccc2-c2ncc(-c3ccccc3)[nH]2)c(C(=O)O)c1)c1ccccc1. The fraction of sp³-hybridized carbons (Fsp3) is 0.121. The van der Waals surface area contributed by atoms with Gasteiger partial charge in [-0.2, -0.15) is 0 Å². The third-order valence-corrected chi connectivity index (χ3v) is 7.02. The van der Waals surface area contributed by atoms with Crippen molar-refractivity contribution >= 4 is 23.5 Å². The van der Waals surface area contributed by atoms with Gasteiger partial charge in [0.1, 0.15) is 5.82 Å². The Morgan fingerprint density at radius 1 is 0.900 bits per heavy atom. The number of carbonyl (C=O) groups excluding carboxylic acids is 1. The number of hydrogen-bond acceptors (Lipinski definition) is 3. The van der Waals surface area contributed by atoms with Crippen molar-refractivity contribution in [2.24, 2.45) is 0 Å². The number of carboxylic acids is 1. The molecule has 0 bridgehead atoms. The Labute approximate surface area is 237 Å². The molecule has 7 heteroatoms. The van der Waals surface area contributed by atoms with Gasteiger partial charge < -0.3 is 15.4 Å². The average molecular weight is 550 g/mol. The molecule has 4 aromatic carbocycles. The molecule has 0 aliphatic heterocycles. The number of carboxylic acid groups (broad SMARTS) is 1. The third kappa shape index (κ3) is 5.82. The molecule has 1 atom stereocenters. The molecule has 1 unspecified atom stereocenters. The van der Waals surface area contributed by atoms with E-state index in [0.717, 1.165) is 29.7 Å². The maximum absolute atomic E-state index is 13.3. The molecule has 40 heavy (non-hydrogen) atoms. The summed E-state index contributed by atoms with van der Waals surface area (Å²) in [6.07, 6.45) is 3.39. The summed E-state index contributed by atoms with van der Waals surface area (Å²) in [6.45, 7) is 2.06. The molecular formula is C33H28ClN3O3. The van der Waals surface area contributed by atoms with Crippen LogP contribution in [0, 0.1) is 0 Å². The van der Waals surface area contributed by atoms with Gasteiger partial charge in [0.2, 0.25) is 0 Å². The summed E-state index contributed by atoms with van der Waals surface area (Å²) in [5.74, 6) is -0.900. The molecule has 3 N–H and O–H groups in total. The Hall–Kier alpha value is -4.68. The molecule has 0 fully saturated rings. The zero-order valence-electron chi connectivity index (χ0n) is 21.9. The van der Waals surface area contributed by atoms with E-state index in [-0.39, 0.29) is 23.1 Å². The van der Waals surface area contributed by atoms with E-state index in [0.29, 0.717) is 27.5 Å². The molecule has 200 valence electrons. The van der Waals surface area contributed by atoms with E-state index in [2.05, 4.69) is 22.2 Å². The molecule has 0 saturated heterocycles. The second-order valence-electron chi connectivity index (χ2n) is 9.49. The Kier molecular flexibility index (Phi) is 8.08. The predicted octanol–water partition coefficient (Wildman–Crippen LogP) is 8.03. The van der Waals surface area contributed by atoms with Gasteiger partial charge in [0, 0.05) is 16.1 Å². The standard InChI is InChI=1S/C33H28ClN3O3/c1-2-9-29(21-10-5-3-6-11-21)37-32(38)23-14-16-25(28(18-23)33(39)40)27-19-24(34)15-17-26(27)31-35-20-30(36-31)22-12-7-4-8-13-22/h3-8,10-20,29H,2,9H2,1H3,(H,35,36)(H,37,38)(H,39,40). The minimum atomic E-state index is -1.15. The van der Waals surface area contributed by atoms with Gasteiger partial charge in [-0.1, -0.05) is 91.7 Å². The average Bonchev–Trinajstić information content (AvgIpc) is 3.47. The summed E-state index contributed by atoms with van der Waals surface area (Å²) in [5.41, 5.74) is 4.82. The number of carbonyl (C=O) groups is 2. The molecule has 0 aliphatic rings. The molecule has 0 spiro atoms. The van der Waals surface area contributed by atoms with Crippen LogP contribution in [0.5, 0.6) is 0 Å². The molecule has 1 heterocycles. The minimum absolute atomic E-state index is 0.00208. The van der Waals surface area contributed by atoms with E-state index in [4.69, 9.17) is 11.6 Å². The lowest BCUT2D eigenvalue weighted by molar-refractivity contribution is 0.0697. The van der Waals surface area contributed by atoms with Crippen LogP contribution in [0.25, 0.3) is 33.8 Å². The first-order valence-electron chi connectivity index (χ1n) is 13.1. The number of nitrogens with zero attached hydrogens (tertiary/aromatic N) is 1. The molecule has 6 nitrogen and oxygen atoms in total. The Bertz CT molecular complexity index is 1650. The van der Waals surface area contributed by atoms with Crippen LogP contribution in [0.3, 0.4) is 0 Å². The summed E-state index contributed by atoms with van der Waals surface area (Å²) in [5, 5.41) is 13.7. The number of H-pyrrole nitrogens is 1. The maximum Gasteiger partial charge on any atom is 0.336 e. The van der Waals surface area contributed by atoms with Crippen molar-refractivity contribution in [1.82, 2.24) is 15.3 Å². The predicted molar refractivity (Wildman–Crippen MR) is 158 cm³/mol. The number of rotatable bonds is 9. The Morgan fingerprint density at radius 2 is 1.60 bits per heavy atom. The van der Waals surface area contributed by atoms with Crippen molar-refractivity contribution in [2.45, 2.75) is 25.8 Å². The van der Waals surface area contributed by atoms with Crippen molar-refractivity contribution in [2.75, 3.05) is 0 Å². The highest BCUT2D eigenvalue weighted by Gasteiger charge is 2.21. The Morgan fingerprint density at radius 3 is 2.30 bits per heavy atom. The van der Waals surface area contributed by atoms with Crippen LogP contribution >= 0.6 is 11.6 Å². The number of nitrogens with one attached hydrogen (secondary N) is 2. The fourth-order valence-electron chi connectivity index (χ4n) is 4.80. The van der Waals surface area contributed by atoms with Crippen molar-refractivity contribution in [1.29, 1.82) is 0 Å². The number of amides is 1. The lowest BCUT2D eigenvalue weighted by atomic mass is 9.93. The number of benzene rings is 4. The minimum Gasteiger partial charge on any atom is -0.478 e. The molecule has 5 aromatic rings. The van der Waals surface area contributed by atoms with Gasteiger partial charge in [-0.15, -0.1) is 0 Å².